The summed E-state index contributed by atoms with van der Waals surface area (Å²) in [5.74, 6) is -0.701. The van der Waals surface area contributed by atoms with Crippen molar-refractivity contribution in [2.24, 2.45) is 5.41 Å². The van der Waals surface area contributed by atoms with E-state index in [4.69, 9.17) is 9.47 Å². The SMILES string of the molecule is COC(=O)[C@]12Cc3cn(-c4ccc(F)cc4)nc3C=C1CCN(C(=O)OC(C)(C)C)C2. The number of fused-ring (bicyclic) bond motifs is 2. The highest BCUT2D eigenvalue weighted by atomic mass is 19.1. The molecule has 0 spiro atoms. The average molecular weight is 427 g/mol. The minimum absolute atomic E-state index is 0.182. The molecule has 1 aromatic heterocycles. The molecule has 0 radical (unpaired) electrons. The predicted molar refractivity (Wildman–Crippen MR) is 112 cm³/mol. The Morgan fingerprint density at radius 1 is 1.19 bits per heavy atom. The minimum Gasteiger partial charge on any atom is -0.468 e. The molecule has 31 heavy (non-hydrogen) atoms. The van der Waals surface area contributed by atoms with Gasteiger partial charge in [-0.15, -0.1) is 0 Å². The molecule has 0 N–H and O–H groups in total. The third kappa shape index (κ3) is 3.94. The molecule has 1 atom stereocenters. The number of hydrogen-bond donors (Lipinski definition) is 0. The molecule has 2 heterocycles. The molecule has 1 aliphatic heterocycles. The fourth-order valence-corrected chi connectivity index (χ4v) is 4.22. The van der Waals surface area contributed by atoms with Crippen molar-refractivity contribution < 1.29 is 23.5 Å². The van der Waals surface area contributed by atoms with E-state index >= 15 is 0 Å². The van der Waals surface area contributed by atoms with Gasteiger partial charge in [0.2, 0.25) is 0 Å². The Hall–Kier alpha value is -3.16. The first-order valence-electron chi connectivity index (χ1n) is 10.2. The second kappa shape index (κ2) is 7.51. The highest BCUT2D eigenvalue weighted by Gasteiger charge is 2.51. The number of halogens is 1. The number of amides is 1. The van der Waals surface area contributed by atoms with Crippen molar-refractivity contribution in [2.45, 2.75) is 39.2 Å². The van der Waals surface area contributed by atoms with Gasteiger partial charge in [0.15, 0.2) is 0 Å². The molecule has 4 rings (SSSR count). The van der Waals surface area contributed by atoms with E-state index in [1.807, 2.05) is 33.0 Å². The second-order valence-electron chi connectivity index (χ2n) is 9.03. The number of aromatic nitrogens is 2. The number of rotatable bonds is 2. The Morgan fingerprint density at radius 3 is 2.55 bits per heavy atom. The average Bonchev–Trinajstić information content (AvgIpc) is 3.12. The lowest BCUT2D eigenvalue weighted by molar-refractivity contribution is -0.152. The van der Waals surface area contributed by atoms with Crippen LogP contribution in [0.5, 0.6) is 0 Å². The van der Waals surface area contributed by atoms with Crippen LogP contribution in [0.4, 0.5) is 9.18 Å². The summed E-state index contributed by atoms with van der Waals surface area (Å²) >= 11 is 0. The Morgan fingerprint density at radius 2 is 1.90 bits per heavy atom. The zero-order valence-corrected chi connectivity index (χ0v) is 18.1. The van der Waals surface area contributed by atoms with Gasteiger partial charge in [0.25, 0.3) is 0 Å². The van der Waals surface area contributed by atoms with Crippen molar-refractivity contribution in [3.63, 3.8) is 0 Å². The van der Waals surface area contributed by atoms with Crippen LogP contribution in [0.15, 0.2) is 36.0 Å². The lowest BCUT2D eigenvalue weighted by Crippen LogP contribution is -2.54. The first-order valence-corrected chi connectivity index (χ1v) is 10.2. The number of methoxy groups -OCH3 is 1. The molecule has 0 saturated carbocycles. The van der Waals surface area contributed by atoms with Gasteiger partial charge in [0.1, 0.15) is 16.8 Å². The summed E-state index contributed by atoms with van der Waals surface area (Å²) in [5, 5.41) is 4.62. The largest absolute Gasteiger partial charge is 0.468 e. The monoisotopic (exact) mass is 427 g/mol. The van der Waals surface area contributed by atoms with E-state index in [1.165, 1.54) is 19.2 Å². The van der Waals surface area contributed by atoms with Crippen LogP contribution in [-0.4, -0.2) is 52.5 Å². The number of carbonyl (C=O) groups is 2. The summed E-state index contributed by atoms with van der Waals surface area (Å²) in [6, 6.07) is 6.05. The van der Waals surface area contributed by atoms with Gasteiger partial charge in [-0.25, -0.2) is 13.9 Å². The molecular formula is C23H26FN3O4. The number of ether oxygens (including phenoxy) is 2. The van der Waals surface area contributed by atoms with Gasteiger partial charge < -0.3 is 14.4 Å². The third-order valence-corrected chi connectivity index (χ3v) is 5.67. The fourth-order valence-electron chi connectivity index (χ4n) is 4.22. The standard InChI is InChI=1S/C23H26FN3O4/c1-22(2,3)31-21(29)26-10-9-16-11-19-15(12-23(16,14-26)20(28)30-4)13-27(25-19)18-7-5-17(24)6-8-18/h5-8,11,13H,9-10,12,14H2,1-4H3/t23-/m0/s1. The number of likely N-dealkylation sites (tertiary alicyclic amines) is 1. The number of nitrogens with zero attached hydrogens (tertiary/aromatic N) is 3. The van der Waals surface area contributed by atoms with E-state index < -0.39 is 17.1 Å². The van der Waals surface area contributed by atoms with Crippen molar-refractivity contribution in [2.75, 3.05) is 20.2 Å². The fraction of sp³-hybridized carbons (Fsp3) is 0.435. The molecule has 164 valence electrons. The maximum absolute atomic E-state index is 13.3. The Bertz CT molecular complexity index is 1050. The molecule has 1 amide bonds. The van der Waals surface area contributed by atoms with Gasteiger partial charge in [-0.2, -0.15) is 5.10 Å². The van der Waals surface area contributed by atoms with Crippen molar-refractivity contribution in [1.29, 1.82) is 0 Å². The van der Waals surface area contributed by atoms with E-state index in [9.17, 15) is 14.0 Å². The quantitative estimate of drug-likeness (QED) is 0.683. The first-order chi connectivity index (χ1) is 14.6. The summed E-state index contributed by atoms with van der Waals surface area (Å²) < 4.78 is 25.7. The maximum Gasteiger partial charge on any atom is 0.410 e. The maximum atomic E-state index is 13.3. The van der Waals surface area contributed by atoms with Crippen LogP contribution >= 0.6 is 0 Å². The Labute approximate surface area is 180 Å². The van der Waals surface area contributed by atoms with Crippen LogP contribution < -0.4 is 0 Å². The predicted octanol–water partition coefficient (Wildman–Crippen LogP) is 3.75. The normalized spacial score (nSPS) is 20.4. The summed E-state index contributed by atoms with van der Waals surface area (Å²) in [5.41, 5.74) is 1.65. The molecule has 0 unspecified atom stereocenters. The van der Waals surface area contributed by atoms with Gasteiger partial charge in [0.05, 0.1) is 18.5 Å². The number of piperidine rings is 1. The van der Waals surface area contributed by atoms with Crippen LogP contribution in [0, 0.1) is 11.2 Å². The first kappa shape index (κ1) is 21.1. The van der Waals surface area contributed by atoms with Crippen LogP contribution in [0.25, 0.3) is 11.8 Å². The number of benzene rings is 1. The van der Waals surface area contributed by atoms with Gasteiger partial charge in [0, 0.05) is 19.3 Å². The van der Waals surface area contributed by atoms with Crippen LogP contribution in [0.2, 0.25) is 0 Å². The van der Waals surface area contributed by atoms with Crippen LogP contribution in [-0.2, 0) is 20.7 Å². The lowest BCUT2D eigenvalue weighted by atomic mass is 9.68. The smallest absolute Gasteiger partial charge is 0.410 e. The third-order valence-electron chi connectivity index (χ3n) is 5.67. The highest BCUT2D eigenvalue weighted by Crippen LogP contribution is 2.44. The zero-order valence-electron chi connectivity index (χ0n) is 18.1. The van der Waals surface area contributed by atoms with Gasteiger partial charge >= 0.3 is 12.1 Å². The van der Waals surface area contributed by atoms with E-state index in [0.717, 1.165) is 22.5 Å². The molecule has 1 fully saturated rings. The van der Waals surface area contributed by atoms with Gasteiger partial charge in [-0.05, 0) is 75.1 Å². The Kier molecular flexibility index (Phi) is 5.11. The topological polar surface area (TPSA) is 73.7 Å². The molecular weight excluding hydrogens is 401 g/mol. The van der Waals surface area contributed by atoms with E-state index in [1.54, 1.807) is 21.7 Å². The summed E-state index contributed by atoms with van der Waals surface area (Å²) in [4.78, 5) is 27.3. The Balaban J connectivity index is 1.67. The van der Waals surface area contributed by atoms with Crippen molar-refractivity contribution in [1.82, 2.24) is 14.7 Å². The summed E-state index contributed by atoms with van der Waals surface area (Å²) in [6.45, 7) is 6.07. The molecule has 1 saturated heterocycles. The van der Waals surface area contributed by atoms with Crippen LogP contribution in [0.1, 0.15) is 38.4 Å². The van der Waals surface area contributed by atoms with E-state index in [-0.39, 0.29) is 18.3 Å². The highest BCUT2D eigenvalue weighted by molar-refractivity contribution is 5.86. The van der Waals surface area contributed by atoms with E-state index in [0.29, 0.717) is 19.4 Å². The molecule has 2 aromatic rings. The molecule has 1 aromatic carbocycles. The molecule has 0 bridgehead atoms. The summed E-state index contributed by atoms with van der Waals surface area (Å²) in [7, 11) is 1.36. The van der Waals surface area contributed by atoms with E-state index in [2.05, 4.69) is 5.10 Å². The van der Waals surface area contributed by atoms with Crippen molar-refractivity contribution >= 4 is 18.1 Å². The number of carbonyl (C=O) groups excluding carboxylic acids is 2. The molecule has 8 heteroatoms. The molecule has 1 aliphatic carbocycles. The number of esters is 1. The van der Waals surface area contributed by atoms with Crippen LogP contribution in [0.3, 0.4) is 0 Å². The van der Waals surface area contributed by atoms with Gasteiger partial charge in [-0.1, -0.05) is 0 Å². The summed E-state index contributed by atoms with van der Waals surface area (Å²) in [6.07, 6.45) is 4.20. The minimum atomic E-state index is -0.979. The zero-order chi connectivity index (χ0) is 22.4. The molecule has 2 aliphatic rings. The van der Waals surface area contributed by atoms with Crippen molar-refractivity contribution in [3.8, 4) is 5.69 Å². The molecule has 7 nitrogen and oxygen atoms in total. The van der Waals surface area contributed by atoms with Crippen molar-refractivity contribution in [3.05, 3.63) is 53.1 Å². The second-order valence-corrected chi connectivity index (χ2v) is 9.03. The number of hydrogen-bond acceptors (Lipinski definition) is 5. The lowest BCUT2D eigenvalue weighted by Gasteiger charge is -2.44. The van der Waals surface area contributed by atoms with Gasteiger partial charge in [-0.3, -0.25) is 4.79 Å².